The number of aromatic hydroxyl groups is 1. The normalized spacial score (nSPS) is 14.6. The lowest BCUT2D eigenvalue weighted by molar-refractivity contribution is -0.131. The number of amides is 2. The van der Waals surface area contributed by atoms with Crippen LogP contribution in [0.5, 0.6) is 11.5 Å². The predicted octanol–water partition coefficient (Wildman–Crippen LogP) is 3.49. The lowest BCUT2D eigenvalue weighted by Gasteiger charge is -2.32. The summed E-state index contributed by atoms with van der Waals surface area (Å²) in [5, 5.41) is 13.2. The van der Waals surface area contributed by atoms with E-state index in [4.69, 9.17) is 4.74 Å². The fourth-order valence-corrected chi connectivity index (χ4v) is 3.76. The van der Waals surface area contributed by atoms with Crippen LogP contribution in [0, 0.1) is 0 Å². The molecule has 1 saturated heterocycles. The summed E-state index contributed by atoms with van der Waals surface area (Å²) < 4.78 is 5.33. The molecule has 0 aromatic heterocycles. The van der Waals surface area contributed by atoms with Crippen LogP contribution in [0.1, 0.15) is 54.1 Å². The topological polar surface area (TPSA) is 78.9 Å². The summed E-state index contributed by atoms with van der Waals surface area (Å²) in [7, 11) is 1.60. The molecule has 1 fully saturated rings. The Kier molecular flexibility index (Phi) is 6.98. The summed E-state index contributed by atoms with van der Waals surface area (Å²) in [6.07, 6.45) is 1.68. The van der Waals surface area contributed by atoms with E-state index in [-0.39, 0.29) is 35.1 Å². The Bertz CT molecular complexity index is 902. The summed E-state index contributed by atoms with van der Waals surface area (Å²) in [4.78, 5) is 27.1. The Morgan fingerprint density at radius 1 is 1.17 bits per heavy atom. The number of hydrogen-bond acceptors (Lipinski definition) is 4. The SMILES string of the molecule is COc1ccccc1CC(=O)N1CCC(NC(=O)c2ccc(C(C)C)cc2O)CC1. The van der Waals surface area contributed by atoms with Gasteiger partial charge in [0.1, 0.15) is 11.5 Å². The molecule has 1 aliphatic heterocycles. The van der Waals surface area contributed by atoms with E-state index in [1.165, 1.54) is 0 Å². The van der Waals surface area contributed by atoms with Crippen LogP contribution in [-0.4, -0.2) is 48.1 Å². The van der Waals surface area contributed by atoms with Crippen LogP contribution >= 0.6 is 0 Å². The van der Waals surface area contributed by atoms with Crippen LogP contribution in [0.3, 0.4) is 0 Å². The third-order valence-electron chi connectivity index (χ3n) is 5.65. The number of likely N-dealkylation sites (tertiary alicyclic amines) is 1. The monoisotopic (exact) mass is 410 g/mol. The minimum atomic E-state index is -0.276. The van der Waals surface area contributed by atoms with Crippen LogP contribution in [0.15, 0.2) is 42.5 Å². The molecule has 1 aliphatic rings. The van der Waals surface area contributed by atoms with Gasteiger partial charge in [-0.05, 0) is 42.5 Å². The molecule has 2 N–H and O–H groups in total. The van der Waals surface area contributed by atoms with Crippen molar-refractivity contribution < 1.29 is 19.4 Å². The highest BCUT2D eigenvalue weighted by Crippen LogP contribution is 2.24. The lowest BCUT2D eigenvalue weighted by atomic mass is 9.99. The van der Waals surface area contributed by atoms with Gasteiger partial charge in [-0.1, -0.05) is 38.1 Å². The zero-order valence-corrected chi connectivity index (χ0v) is 17.9. The molecule has 0 radical (unpaired) electrons. The standard InChI is InChI=1S/C24H30N2O4/c1-16(2)17-8-9-20(21(27)14-17)24(29)25-19-10-12-26(13-11-19)23(28)15-18-6-4-5-7-22(18)30-3/h4-9,14,16,19,27H,10-13,15H2,1-3H3,(H,25,29). The van der Waals surface area contributed by atoms with Gasteiger partial charge in [0, 0.05) is 24.7 Å². The van der Waals surface area contributed by atoms with Gasteiger partial charge in [-0.25, -0.2) is 0 Å². The van der Waals surface area contributed by atoms with Gasteiger partial charge in [0.25, 0.3) is 5.91 Å². The van der Waals surface area contributed by atoms with Crippen molar-refractivity contribution in [2.24, 2.45) is 0 Å². The number of phenols is 1. The van der Waals surface area contributed by atoms with E-state index in [2.05, 4.69) is 5.32 Å². The minimum absolute atomic E-state index is 0.00289. The molecule has 6 nitrogen and oxygen atoms in total. The first-order valence-corrected chi connectivity index (χ1v) is 10.4. The summed E-state index contributed by atoms with van der Waals surface area (Å²) in [5.74, 6) is 0.790. The molecule has 6 heteroatoms. The molecule has 30 heavy (non-hydrogen) atoms. The number of nitrogens with one attached hydrogen (secondary N) is 1. The van der Waals surface area contributed by atoms with Gasteiger partial charge in [-0.3, -0.25) is 9.59 Å². The number of rotatable bonds is 6. The molecule has 0 unspecified atom stereocenters. The van der Waals surface area contributed by atoms with Gasteiger partial charge in [0.2, 0.25) is 5.91 Å². The average Bonchev–Trinajstić information content (AvgIpc) is 2.74. The van der Waals surface area contributed by atoms with E-state index < -0.39 is 0 Å². The Morgan fingerprint density at radius 2 is 1.87 bits per heavy atom. The van der Waals surface area contributed by atoms with E-state index in [1.54, 1.807) is 19.2 Å². The molecular weight excluding hydrogens is 380 g/mol. The summed E-state index contributed by atoms with van der Waals surface area (Å²) in [5.41, 5.74) is 2.15. The van der Waals surface area contributed by atoms with Crippen LogP contribution in [0.4, 0.5) is 0 Å². The number of nitrogens with zero attached hydrogens (tertiary/aromatic N) is 1. The van der Waals surface area contributed by atoms with Crippen molar-refractivity contribution in [2.75, 3.05) is 20.2 Å². The fourth-order valence-electron chi connectivity index (χ4n) is 3.76. The predicted molar refractivity (Wildman–Crippen MR) is 116 cm³/mol. The fraction of sp³-hybridized carbons (Fsp3) is 0.417. The molecule has 2 aromatic rings. The number of phenolic OH excluding ortho intramolecular Hbond substituents is 1. The van der Waals surface area contributed by atoms with Crippen LogP contribution in [-0.2, 0) is 11.2 Å². The summed E-state index contributed by atoms with van der Waals surface area (Å²) in [6.45, 7) is 5.27. The summed E-state index contributed by atoms with van der Waals surface area (Å²) >= 11 is 0. The van der Waals surface area contributed by atoms with Gasteiger partial charge in [0.05, 0.1) is 19.1 Å². The minimum Gasteiger partial charge on any atom is -0.507 e. The second kappa shape index (κ2) is 9.65. The van der Waals surface area contributed by atoms with E-state index in [0.29, 0.717) is 32.4 Å². The molecule has 0 aliphatic carbocycles. The highest BCUT2D eigenvalue weighted by molar-refractivity contribution is 5.97. The number of para-hydroxylation sites is 1. The molecule has 0 spiro atoms. The van der Waals surface area contributed by atoms with Crippen molar-refractivity contribution in [1.29, 1.82) is 0 Å². The third kappa shape index (κ3) is 5.12. The van der Waals surface area contributed by atoms with Crippen LogP contribution in [0.2, 0.25) is 0 Å². The molecular formula is C24H30N2O4. The molecule has 3 rings (SSSR count). The first kappa shape index (κ1) is 21.7. The number of carbonyl (C=O) groups is 2. The molecule has 160 valence electrons. The maximum atomic E-state index is 12.7. The van der Waals surface area contributed by atoms with Crippen molar-refractivity contribution in [2.45, 2.75) is 45.1 Å². The number of carbonyl (C=O) groups excluding carboxylic acids is 2. The zero-order chi connectivity index (χ0) is 21.7. The highest BCUT2D eigenvalue weighted by atomic mass is 16.5. The van der Waals surface area contributed by atoms with Gasteiger partial charge in [-0.15, -0.1) is 0 Å². The van der Waals surface area contributed by atoms with E-state index in [1.807, 2.05) is 49.1 Å². The Hall–Kier alpha value is -3.02. The lowest BCUT2D eigenvalue weighted by Crippen LogP contribution is -2.47. The highest BCUT2D eigenvalue weighted by Gasteiger charge is 2.25. The van der Waals surface area contributed by atoms with Crippen molar-refractivity contribution in [3.8, 4) is 11.5 Å². The first-order valence-electron chi connectivity index (χ1n) is 10.4. The number of piperidine rings is 1. The average molecular weight is 411 g/mol. The van der Waals surface area contributed by atoms with Gasteiger partial charge in [-0.2, -0.15) is 0 Å². The first-order chi connectivity index (χ1) is 14.4. The largest absolute Gasteiger partial charge is 0.507 e. The van der Waals surface area contributed by atoms with Crippen molar-refractivity contribution >= 4 is 11.8 Å². The van der Waals surface area contributed by atoms with Gasteiger partial charge < -0.3 is 20.1 Å². The zero-order valence-electron chi connectivity index (χ0n) is 17.9. The molecule has 0 atom stereocenters. The molecule has 2 amide bonds. The second-order valence-corrected chi connectivity index (χ2v) is 8.05. The van der Waals surface area contributed by atoms with E-state index in [9.17, 15) is 14.7 Å². The molecule has 0 bridgehead atoms. The second-order valence-electron chi connectivity index (χ2n) is 8.05. The Labute approximate surface area is 177 Å². The van der Waals surface area contributed by atoms with Crippen molar-refractivity contribution in [1.82, 2.24) is 10.2 Å². The van der Waals surface area contributed by atoms with Gasteiger partial charge >= 0.3 is 0 Å². The smallest absolute Gasteiger partial charge is 0.255 e. The molecule has 1 heterocycles. The maximum Gasteiger partial charge on any atom is 0.255 e. The third-order valence-corrected chi connectivity index (χ3v) is 5.65. The molecule has 0 saturated carbocycles. The van der Waals surface area contributed by atoms with Crippen LogP contribution in [0.25, 0.3) is 0 Å². The number of ether oxygens (including phenoxy) is 1. The summed E-state index contributed by atoms with van der Waals surface area (Å²) in [6, 6.07) is 12.7. The van der Waals surface area contributed by atoms with E-state index in [0.717, 1.165) is 16.9 Å². The number of benzene rings is 2. The van der Waals surface area contributed by atoms with Crippen molar-refractivity contribution in [3.63, 3.8) is 0 Å². The quantitative estimate of drug-likeness (QED) is 0.764. The Balaban J connectivity index is 1.53. The number of hydrogen-bond donors (Lipinski definition) is 2. The van der Waals surface area contributed by atoms with E-state index >= 15 is 0 Å². The number of methoxy groups -OCH3 is 1. The van der Waals surface area contributed by atoms with Crippen molar-refractivity contribution in [3.05, 3.63) is 59.2 Å². The molecule has 2 aromatic carbocycles. The maximum absolute atomic E-state index is 12.7. The Morgan fingerprint density at radius 3 is 2.50 bits per heavy atom. The van der Waals surface area contributed by atoms with Gasteiger partial charge in [0.15, 0.2) is 0 Å². The van der Waals surface area contributed by atoms with Crippen LogP contribution < -0.4 is 10.1 Å².